The van der Waals surface area contributed by atoms with Crippen molar-refractivity contribution in [2.75, 3.05) is 39.3 Å². The van der Waals surface area contributed by atoms with Gasteiger partial charge in [0.2, 0.25) is 0 Å². The fraction of sp³-hybridized carbons (Fsp3) is 1.00. The SMILES string of the molecule is NCCCN1CC2(CCNC2)C1. The fourth-order valence-corrected chi connectivity index (χ4v) is 2.44. The van der Waals surface area contributed by atoms with Gasteiger partial charge >= 0.3 is 0 Å². The third-order valence-corrected chi connectivity index (χ3v) is 3.13. The Bertz CT molecular complexity index is 144. The van der Waals surface area contributed by atoms with Crippen LogP contribution in [0.25, 0.3) is 0 Å². The lowest BCUT2D eigenvalue weighted by atomic mass is 9.79. The number of hydrogen-bond donors (Lipinski definition) is 2. The molecule has 2 saturated heterocycles. The molecule has 0 radical (unpaired) electrons. The normalized spacial score (nSPS) is 27.8. The summed E-state index contributed by atoms with van der Waals surface area (Å²) < 4.78 is 0. The van der Waals surface area contributed by atoms with Gasteiger partial charge in [-0.15, -0.1) is 0 Å². The lowest BCUT2D eigenvalue weighted by Gasteiger charge is -2.48. The van der Waals surface area contributed by atoms with E-state index in [9.17, 15) is 0 Å². The van der Waals surface area contributed by atoms with Crippen molar-refractivity contribution in [2.45, 2.75) is 12.8 Å². The van der Waals surface area contributed by atoms with Crippen LogP contribution in [0.4, 0.5) is 0 Å². The third kappa shape index (κ3) is 1.49. The second-order valence-corrected chi connectivity index (χ2v) is 4.28. The standard InChI is InChI=1S/C9H19N3/c10-3-1-5-12-7-9(8-12)2-4-11-6-9/h11H,1-8,10H2. The van der Waals surface area contributed by atoms with Gasteiger partial charge in [0.1, 0.15) is 0 Å². The highest BCUT2D eigenvalue weighted by atomic mass is 15.2. The molecular formula is C9H19N3. The summed E-state index contributed by atoms with van der Waals surface area (Å²) in [5.74, 6) is 0. The van der Waals surface area contributed by atoms with E-state index in [1.807, 2.05) is 0 Å². The van der Waals surface area contributed by atoms with Crippen LogP contribution in [0.15, 0.2) is 0 Å². The number of nitrogens with zero attached hydrogens (tertiary/aromatic N) is 1. The summed E-state index contributed by atoms with van der Waals surface area (Å²) in [6.45, 7) is 7.12. The Morgan fingerprint density at radius 3 is 2.83 bits per heavy atom. The average molecular weight is 169 g/mol. The summed E-state index contributed by atoms with van der Waals surface area (Å²) in [5.41, 5.74) is 6.12. The van der Waals surface area contributed by atoms with E-state index in [1.54, 1.807) is 0 Å². The van der Waals surface area contributed by atoms with Crippen molar-refractivity contribution in [1.29, 1.82) is 0 Å². The van der Waals surface area contributed by atoms with E-state index < -0.39 is 0 Å². The minimum atomic E-state index is 0.661. The lowest BCUT2D eigenvalue weighted by molar-refractivity contribution is 0.0169. The van der Waals surface area contributed by atoms with Gasteiger partial charge in [-0.3, -0.25) is 0 Å². The highest BCUT2D eigenvalue weighted by Gasteiger charge is 2.43. The van der Waals surface area contributed by atoms with E-state index in [0.29, 0.717) is 5.41 Å². The Morgan fingerprint density at radius 1 is 1.42 bits per heavy atom. The van der Waals surface area contributed by atoms with Crippen LogP contribution in [0.5, 0.6) is 0 Å². The van der Waals surface area contributed by atoms with Crippen LogP contribution < -0.4 is 11.1 Å². The molecule has 0 saturated carbocycles. The highest BCUT2D eigenvalue weighted by molar-refractivity contribution is 4.99. The zero-order valence-corrected chi connectivity index (χ0v) is 7.68. The van der Waals surface area contributed by atoms with Gasteiger partial charge < -0.3 is 16.0 Å². The number of likely N-dealkylation sites (tertiary alicyclic amines) is 1. The predicted molar refractivity (Wildman–Crippen MR) is 50.0 cm³/mol. The Hall–Kier alpha value is -0.120. The van der Waals surface area contributed by atoms with Gasteiger partial charge in [-0.2, -0.15) is 0 Å². The molecule has 0 aliphatic carbocycles. The van der Waals surface area contributed by atoms with E-state index in [1.165, 1.54) is 39.1 Å². The summed E-state index contributed by atoms with van der Waals surface area (Å²) in [5, 5.41) is 3.44. The van der Waals surface area contributed by atoms with E-state index in [-0.39, 0.29) is 0 Å². The van der Waals surface area contributed by atoms with E-state index in [4.69, 9.17) is 5.73 Å². The van der Waals surface area contributed by atoms with Gasteiger partial charge in [0.25, 0.3) is 0 Å². The molecule has 3 N–H and O–H groups in total. The first-order valence-electron chi connectivity index (χ1n) is 4.98. The third-order valence-electron chi connectivity index (χ3n) is 3.13. The Balaban J connectivity index is 1.68. The molecule has 0 aromatic carbocycles. The van der Waals surface area contributed by atoms with Crippen molar-refractivity contribution in [1.82, 2.24) is 10.2 Å². The largest absolute Gasteiger partial charge is 0.330 e. The first-order chi connectivity index (χ1) is 5.85. The van der Waals surface area contributed by atoms with E-state index in [0.717, 1.165) is 13.0 Å². The molecule has 0 aromatic heterocycles. The maximum absolute atomic E-state index is 5.46. The van der Waals surface area contributed by atoms with Gasteiger partial charge in [0.05, 0.1) is 0 Å². The average Bonchev–Trinajstić information content (AvgIpc) is 2.46. The van der Waals surface area contributed by atoms with Crippen molar-refractivity contribution in [3.8, 4) is 0 Å². The predicted octanol–water partition coefficient (Wildman–Crippen LogP) is -0.369. The lowest BCUT2D eigenvalue weighted by Crippen LogP contribution is -2.57. The van der Waals surface area contributed by atoms with Gasteiger partial charge in [0.15, 0.2) is 0 Å². The zero-order chi connectivity index (χ0) is 8.44. The minimum Gasteiger partial charge on any atom is -0.330 e. The second kappa shape index (κ2) is 3.32. The number of rotatable bonds is 3. The maximum Gasteiger partial charge on any atom is 0.00943 e. The molecule has 3 heteroatoms. The van der Waals surface area contributed by atoms with Crippen LogP contribution in [-0.4, -0.2) is 44.2 Å². The molecule has 2 aliphatic heterocycles. The molecule has 3 nitrogen and oxygen atoms in total. The molecule has 2 heterocycles. The minimum absolute atomic E-state index is 0.661. The number of nitrogens with one attached hydrogen (secondary N) is 1. The molecule has 0 aromatic rings. The summed E-state index contributed by atoms with van der Waals surface area (Å²) in [7, 11) is 0. The molecule has 70 valence electrons. The van der Waals surface area contributed by atoms with Crippen LogP contribution >= 0.6 is 0 Å². The molecule has 0 atom stereocenters. The smallest absolute Gasteiger partial charge is 0.00943 e. The van der Waals surface area contributed by atoms with Crippen molar-refractivity contribution in [2.24, 2.45) is 11.1 Å². The van der Waals surface area contributed by atoms with E-state index in [2.05, 4.69) is 10.2 Å². The first kappa shape index (κ1) is 8.48. The molecule has 0 unspecified atom stereocenters. The highest BCUT2D eigenvalue weighted by Crippen LogP contribution is 2.35. The summed E-state index contributed by atoms with van der Waals surface area (Å²) in [6.07, 6.45) is 2.54. The maximum atomic E-state index is 5.46. The van der Waals surface area contributed by atoms with Crippen LogP contribution in [0.3, 0.4) is 0 Å². The second-order valence-electron chi connectivity index (χ2n) is 4.28. The quantitative estimate of drug-likeness (QED) is 0.606. The fourth-order valence-electron chi connectivity index (χ4n) is 2.44. The molecule has 1 spiro atoms. The first-order valence-corrected chi connectivity index (χ1v) is 4.98. The molecule has 2 fully saturated rings. The van der Waals surface area contributed by atoms with Crippen molar-refractivity contribution in [3.63, 3.8) is 0 Å². The monoisotopic (exact) mass is 169 g/mol. The van der Waals surface area contributed by atoms with Crippen molar-refractivity contribution >= 4 is 0 Å². The van der Waals surface area contributed by atoms with Gasteiger partial charge in [-0.25, -0.2) is 0 Å². The van der Waals surface area contributed by atoms with Crippen LogP contribution in [0.2, 0.25) is 0 Å². The molecular weight excluding hydrogens is 150 g/mol. The van der Waals surface area contributed by atoms with Crippen molar-refractivity contribution in [3.05, 3.63) is 0 Å². The topological polar surface area (TPSA) is 41.3 Å². The molecule has 0 amide bonds. The molecule has 2 rings (SSSR count). The number of nitrogens with two attached hydrogens (primary N) is 1. The summed E-state index contributed by atoms with van der Waals surface area (Å²) >= 11 is 0. The zero-order valence-electron chi connectivity index (χ0n) is 7.68. The van der Waals surface area contributed by atoms with Crippen LogP contribution in [-0.2, 0) is 0 Å². The van der Waals surface area contributed by atoms with Gasteiger partial charge in [-0.1, -0.05) is 0 Å². The van der Waals surface area contributed by atoms with Crippen LogP contribution in [0.1, 0.15) is 12.8 Å². The Labute approximate surface area is 74.3 Å². The van der Waals surface area contributed by atoms with Gasteiger partial charge in [0, 0.05) is 25.0 Å². The Kier molecular flexibility index (Phi) is 2.35. The van der Waals surface area contributed by atoms with Crippen LogP contribution in [0, 0.1) is 5.41 Å². The molecule has 12 heavy (non-hydrogen) atoms. The summed E-state index contributed by atoms with van der Waals surface area (Å²) in [4.78, 5) is 2.53. The van der Waals surface area contributed by atoms with E-state index >= 15 is 0 Å². The Morgan fingerprint density at radius 2 is 2.25 bits per heavy atom. The number of hydrogen-bond acceptors (Lipinski definition) is 3. The molecule has 0 bridgehead atoms. The molecule has 2 aliphatic rings. The van der Waals surface area contributed by atoms with Crippen molar-refractivity contribution < 1.29 is 0 Å². The summed E-state index contributed by atoms with van der Waals surface area (Å²) in [6, 6.07) is 0. The van der Waals surface area contributed by atoms with Gasteiger partial charge in [-0.05, 0) is 32.5 Å².